The minimum atomic E-state index is -0.0752. The molecule has 0 spiro atoms. The molecule has 2 heterocycles. The van der Waals surface area contributed by atoms with Crippen LogP contribution in [0.4, 0.5) is 0 Å². The number of halogens is 1. The molecule has 6 nitrogen and oxygen atoms in total. The molecule has 0 saturated heterocycles. The SMILES string of the molecule is COc1ccc(CCn2cnc3c4ccccc4n(Cc4ccccc4Cl)c3c2=O)cc1OC. The third-order valence-corrected chi connectivity index (χ3v) is 6.48. The number of benzene rings is 3. The number of hydrogen-bond donors (Lipinski definition) is 0. The van der Waals surface area contributed by atoms with Crippen LogP contribution >= 0.6 is 11.6 Å². The molecule has 0 aliphatic carbocycles. The average molecular weight is 474 g/mol. The minimum absolute atomic E-state index is 0.0752. The molecular weight excluding hydrogens is 450 g/mol. The van der Waals surface area contributed by atoms with Crippen molar-refractivity contribution < 1.29 is 9.47 Å². The van der Waals surface area contributed by atoms with Crippen LogP contribution < -0.4 is 15.0 Å². The molecule has 0 aliphatic heterocycles. The maximum Gasteiger partial charge on any atom is 0.277 e. The number of ether oxygens (including phenoxy) is 2. The van der Waals surface area contributed by atoms with Gasteiger partial charge in [0.05, 0.1) is 26.1 Å². The van der Waals surface area contributed by atoms with Crippen LogP contribution in [0.25, 0.3) is 21.9 Å². The van der Waals surface area contributed by atoms with E-state index in [0.29, 0.717) is 47.1 Å². The predicted molar refractivity (Wildman–Crippen MR) is 135 cm³/mol. The van der Waals surface area contributed by atoms with E-state index in [4.69, 9.17) is 26.1 Å². The molecule has 7 heteroatoms. The number of fused-ring (bicyclic) bond motifs is 3. The van der Waals surface area contributed by atoms with Crippen LogP contribution in [0.5, 0.6) is 11.5 Å². The van der Waals surface area contributed by atoms with Gasteiger partial charge in [0, 0.05) is 23.5 Å². The number of hydrogen-bond acceptors (Lipinski definition) is 4. The van der Waals surface area contributed by atoms with Gasteiger partial charge in [0.1, 0.15) is 11.0 Å². The third kappa shape index (κ3) is 3.90. The Kier molecular flexibility index (Phi) is 5.99. The summed E-state index contributed by atoms with van der Waals surface area (Å²) in [6.07, 6.45) is 2.29. The van der Waals surface area contributed by atoms with E-state index in [0.717, 1.165) is 22.0 Å². The van der Waals surface area contributed by atoms with Crippen molar-refractivity contribution in [1.82, 2.24) is 14.1 Å². The Morgan fingerprint density at radius 1 is 0.941 bits per heavy atom. The molecule has 0 saturated carbocycles. The lowest BCUT2D eigenvalue weighted by Crippen LogP contribution is -2.23. The Labute approximate surface area is 201 Å². The van der Waals surface area contributed by atoms with Gasteiger partial charge < -0.3 is 14.0 Å². The van der Waals surface area contributed by atoms with Gasteiger partial charge in [0.15, 0.2) is 11.5 Å². The summed E-state index contributed by atoms with van der Waals surface area (Å²) in [6.45, 7) is 0.977. The number of para-hydroxylation sites is 1. The van der Waals surface area contributed by atoms with Crippen LogP contribution in [0.1, 0.15) is 11.1 Å². The standard InChI is InChI=1S/C27H24ClN3O3/c1-33-23-12-11-18(15-24(23)34-2)13-14-30-17-29-25-20-8-4-6-10-22(20)31(26(25)27(30)32)16-19-7-3-5-9-21(19)28/h3-12,15,17H,13-14,16H2,1-2H3. The second-order valence-electron chi connectivity index (χ2n) is 8.07. The van der Waals surface area contributed by atoms with Crippen LogP contribution in [0, 0.1) is 0 Å². The van der Waals surface area contributed by atoms with E-state index in [1.54, 1.807) is 25.1 Å². The van der Waals surface area contributed by atoms with Gasteiger partial charge in [-0.25, -0.2) is 4.98 Å². The van der Waals surface area contributed by atoms with Crippen LogP contribution in [-0.4, -0.2) is 28.3 Å². The number of nitrogens with zero attached hydrogens (tertiary/aromatic N) is 3. The summed E-state index contributed by atoms with van der Waals surface area (Å²) in [4.78, 5) is 18.4. The molecule has 5 rings (SSSR count). The first-order valence-corrected chi connectivity index (χ1v) is 11.4. The fourth-order valence-electron chi connectivity index (χ4n) is 4.35. The largest absolute Gasteiger partial charge is 0.493 e. The Hall–Kier alpha value is -3.77. The molecule has 0 unspecified atom stereocenters. The van der Waals surface area contributed by atoms with E-state index >= 15 is 0 Å². The van der Waals surface area contributed by atoms with Crippen LogP contribution in [0.3, 0.4) is 0 Å². The van der Waals surface area contributed by atoms with E-state index in [9.17, 15) is 4.79 Å². The maximum absolute atomic E-state index is 13.7. The summed E-state index contributed by atoms with van der Waals surface area (Å²) in [6, 6.07) is 21.4. The first-order valence-electron chi connectivity index (χ1n) is 11.0. The summed E-state index contributed by atoms with van der Waals surface area (Å²) < 4.78 is 14.4. The van der Waals surface area contributed by atoms with Gasteiger partial charge in [-0.1, -0.05) is 54.1 Å². The zero-order chi connectivity index (χ0) is 23.7. The molecule has 0 atom stereocenters. The van der Waals surface area contributed by atoms with Crippen molar-refractivity contribution in [2.45, 2.75) is 19.5 Å². The molecule has 2 aromatic heterocycles. The van der Waals surface area contributed by atoms with Crippen molar-refractivity contribution in [3.05, 3.63) is 99.6 Å². The molecule has 5 aromatic rings. The Morgan fingerprint density at radius 2 is 1.71 bits per heavy atom. The number of rotatable bonds is 7. The first-order chi connectivity index (χ1) is 16.6. The monoisotopic (exact) mass is 473 g/mol. The summed E-state index contributed by atoms with van der Waals surface area (Å²) in [5, 5.41) is 1.62. The topological polar surface area (TPSA) is 58.3 Å². The lowest BCUT2D eigenvalue weighted by atomic mass is 10.1. The van der Waals surface area contributed by atoms with E-state index in [1.807, 2.05) is 71.3 Å². The minimum Gasteiger partial charge on any atom is -0.493 e. The maximum atomic E-state index is 13.7. The van der Waals surface area contributed by atoms with E-state index in [2.05, 4.69) is 0 Å². The van der Waals surface area contributed by atoms with Gasteiger partial charge in [0.2, 0.25) is 0 Å². The summed E-state index contributed by atoms with van der Waals surface area (Å²) >= 11 is 6.45. The van der Waals surface area contributed by atoms with Crippen molar-refractivity contribution in [3.63, 3.8) is 0 Å². The van der Waals surface area contributed by atoms with Crippen molar-refractivity contribution in [3.8, 4) is 11.5 Å². The molecular formula is C27H24ClN3O3. The normalized spacial score (nSPS) is 11.3. The molecule has 0 fully saturated rings. The molecule has 3 aromatic carbocycles. The Balaban J connectivity index is 1.56. The van der Waals surface area contributed by atoms with Gasteiger partial charge in [-0.3, -0.25) is 9.36 Å². The number of methoxy groups -OCH3 is 2. The van der Waals surface area contributed by atoms with Gasteiger partial charge in [-0.2, -0.15) is 0 Å². The van der Waals surface area contributed by atoms with E-state index in [1.165, 1.54) is 0 Å². The molecule has 172 valence electrons. The predicted octanol–water partition coefficient (Wildman–Crippen LogP) is 5.31. The molecule has 0 radical (unpaired) electrons. The second-order valence-corrected chi connectivity index (χ2v) is 8.48. The van der Waals surface area contributed by atoms with E-state index in [-0.39, 0.29) is 5.56 Å². The van der Waals surface area contributed by atoms with Crippen molar-refractivity contribution in [1.29, 1.82) is 0 Å². The van der Waals surface area contributed by atoms with Gasteiger partial charge in [-0.15, -0.1) is 0 Å². The lowest BCUT2D eigenvalue weighted by Gasteiger charge is -2.11. The molecule has 0 aliphatic rings. The lowest BCUT2D eigenvalue weighted by molar-refractivity contribution is 0.354. The highest BCUT2D eigenvalue weighted by Crippen LogP contribution is 2.29. The van der Waals surface area contributed by atoms with Gasteiger partial charge in [-0.05, 0) is 41.8 Å². The molecule has 0 bridgehead atoms. The van der Waals surface area contributed by atoms with Crippen molar-refractivity contribution in [2.75, 3.05) is 14.2 Å². The Bertz CT molecular complexity index is 1550. The Morgan fingerprint density at radius 3 is 2.50 bits per heavy atom. The summed E-state index contributed by atoms with van der Waals surface area (Å²) in [5.74, 6) is 1.34. The second kappa shape index (κ2) is 9.23. The van der Waals surface area contributed by atoms with Crippen LogP contribution in [-0.2, 0) is 19.5 Å². The van der Waals surface area contributed by atoms with Crippen molar-refractivity contribution >= 4 is 33.5 Å². The third-order valence-electron chi connectivity index (χ3n) is 6.11. The first kappa shape index (κ1) is 22.0. The highest BCUT2D eigenvalue weighted by atomic mass is 35.5. The fourth-order valence-corrected chi connectivity index (χ4v) is 4.55. The van der Waals surface area contributed by atoms with Crippen LogP contribution in [0.15, 0.2) is 77.9 Å². The average Bonchev–Trinajstić information content (AvgIpc) is 3.19. The zero-order valence-electron chi connectivity index (χ0n) is 19.0. The highest BCUT2D eigenvalue weighted by molar-refractivity contribution is 6.31. The van der Waals surface area contributed by atoms with Gasteiger partial charge >= 0.3 is 0 Å². The molecule has 0 N–H and O–H groups in total. The molecule has 0 amide bonds. The fraction of sp³-hybridized carbons (Fsp3) is 0.185. The van der Waals surface area contributed by atoms with Gasteiger partial charge in [0.25, 0.3) is 5.56 Å². The van der Waals surface area contributed by atoms with Crippen molar-refractivity contribution in [2.24, 2.45) is 0 Å². The van der Waals surface area contributed by atoms with Crippen LogP contribution in [0.2, 0.25) is 5.02 Å². The molecule has 34 heavy (non-hydrogen) atoms. The number of aryl methyl sites for hydroxylation is 2. The van der Waals surface area contributed by atoms with E-state index < -0.39 is 0 Å². The number of aromatic nitrogens is 3. The highest BCUT2D eigenvalue weighted by Gasteiger charge is 2.17. The summed E-state index contributed by atoms with van der Waals surface area (Å²) in [5.41, 5.74) is 4.16. The summed E-state index contributed by atoms with van der Waals surface area (Å²) in [7, 11) is 3.22. The smallest absolute Gasteiger partial charge is 0.277 e. The quantitative estimate of drug-likeness (QED) is 0.321. The zero-order valence-corrected chi connectivity index (χ0v) is 19.7.